The summed E-state index contributed by atoms with van der Waals surface area (Å²) >= 11 is 6.17. The lowest BCUT2D eigenvalue weighted by Gasteiger charge is -2.37. The topological polar surface area (TPSA) is 9.72 Å². The molecule has 0 bridgehead atoms. The molecule has 0 saturated carbocycles. The monoisotopic (exact) mass is 489 g/mol. The van der Waals surface area contributed by atoms with Gasteiger partial charge in [-0.3, -0.25) is 14.7 Å². The van der Waals surface area contributed by atoms with Crippen molar-refractivity contribution in [1.29, 1.82) is 0 Å². The maximum Gasteiger partial charge on any atom is 0.0599 e. The van der Waals surface area contributed by atoms with Crippen LogP contribution in [0.15, 0.2) is 78.9 Å². The fourth-order valence-corrected chi connectivity index (χ4v) is 5.08. The second-order valence-corrected chi connectivity index (χ2v) is 11.3. The average molecular weight is 490 g/mol. The third-order valence-corrected chi connectivity index (χ3v) is 7.45. The van der Waals surface area contributed by atoms with Crippen molar-refractivity contribution in [3.8, 4) is 0 Å². The molecule has 0 radical (unpaired) electrons. The van der Waals surface area contributed by atoms with Gasteiger partial charge in [0.1, 0.15) is 0 Å². The van der Waals surface area contributed by atoms with Gasteiger partial charge in [0.15, 0.2) is 0 Å². The predicted octanol–water partition coefficient (Wildman–Crippen LogP) is 6.48. The second-order valence-electron chi connectivity index (χ2n) is 10.9. The largest absolute Gasteiger partial charge is 0.300 e. The van der Waals surface area contributed by atoms with Crippen molar-refractivity contribution in [2.24, 2.45) is 0 Å². The molecule has 1 fully saturated rings. The first-order valence-corrected chi connectivity index (χ1v) is 13.2. The lowest BCUT2D eigenvalue weighted by atomic mass is 9.87. The van der Waals surface area contributed by atoms with E-state index in [1.54, 1.807) is 0 Å². The molecule has 186 valence electrons. The zero-order chi connectivity index (χ0) is 24.8. The van der Waals surface area contributed by atoms with Crippen molar-refractivity contribution in [2.45, 2.75) is 38.8 Å². The Hall–Kier alpha value is -2.17. The molecule has 3 aromatic rings. The van der Waals surface area contributed by atoms with Gasteiger partial charge in [0.25, 0.3) is 0 Å². The van der Waals surface area contributed by atoms with Gasteiger partial charge in [0, 0.05) is 50.8 Å². The summed E-state index contributed by atoms with van der Waals surface area (Å²) in [5, 5.41) is 0.784. The maximum atomic E-state index is 6.17. The second kappa shape index (κ2) is 11.7. The van der Waals surface area contributed by atoms with Crippen molar-refractivity contribution in [3.63, 3.8) is 0 Å². The van der Waals surface area contributed by atoms with E-state index >= 15 is 0 Å². The first kappa shape index (κ1) is 25.9. The van der Waals surface area contributed by atoms with Crippen molar-refractivity contribution >= 4 is 11.6 Å². The number of nitrogens with zero attached hydrogens (tertiary/aromatic N) is 3. The number of halogens is 1. The normalized spacial score (nSPS) is 16.5. The van der Waals surface area contributed by atoms with Crippen LogP contribution in [-0.4, -0.2) is 61.0 Å². The molecular formula is C31H40ClN3. The Morgan fingerprint density at radius 2 is 1.34 bits per heavy atom. The first-order valence-electron chi connectivity index (χ1n) is 12.8. The molecule has 0 aromatic heterocycles. The van der Waals surface area contributed by atoms with Gasteiger partial charge in [0.2, 0.25) is 0 Å². The van der Waals surface area contributed by atoms with Crippen LogP contribution in [0.25, 0.3) is 0 Å². The number of rotatable bonds is 8. The fraction of sp³-hybridized carbons (Fsp3) is 0.419. The van der Waals surface area contributed by atoms with Crippen LogP contribution >= 0.6 is 11.6 Å². The van der Waals surface area contributed by atoms with Crippen LogP contribution in [0.1, 0.15) is 49.1 Å². The van der Waals surface area contributed by atoms with Crippen LogP contribution in [0.3, 0.4) is 0 Å². The minimum atomic E-state index is 0.213. The minimum absolute atomic E-state index is 0.213. The van der Waals surface area contributed by atoms with Gasteiger partial charge in [-0.1, -0.05) is 99.1 Å². The Morgan fingerprint density at radius 1 is 0.771 bits per heavy atom. The van der Waals surface area contributed by atoms with E-state index in [0.717, 1.165) is 50.8 Å². The molecule has 4 rings (SSSR count). The van der Waals surface area contributed by atoms with E-state index in [9.17, 15) is 0 Å². The molecule has 1 atom stereocenters. The summed E-state index contributed by atoms with van der Waals surface area (Å²) in [6, 6.07) is 28.5. The molecular weight excluding hydrogens is 450 g/mol. The SMILES string of the molecule is CN(CCN1CCN(Cc2ccc(C(C)(C)C)cc2)CC1)C(c1ccccc1)c1ccc(Cl)cc1. The first-order chi connectivity index (χ1) is 16.8. The standard InChI is InChI=1S/C31H40ClN3/c1-31(2,3)28-14-10-25(11-15-28)24-35-22-20-34(21-23-35)19-18-33(4)30(26-8-6-5-7-9-26)27-12-16-29(32)17-13-27/h5-17,30H,18-24H2,1-4H3. The molecule has 1 heterocycles. The zero-order valence-electron chi connectivity index (χ0n) is 21.8. The summed E-state index contributed by atoms with van der Waals surface area (Å²) in [4.78, 5) is 7.67. The molecule has 0 spiro atoms. The Labute approximate surface area is 217 Å². The Balaban J connectivity index is 1.29. The van der Waals surface area contributed by atoms with Gasteiger partial charge in [-0.05, 0) is 46.8 Å². The van der Waals surface area contributed by atoms with Crippen LogP contribution in [0.4, 0.5) is 0 Å². The highest BCUT2D eigenvalue weighted by molar-refractivity contribution is 6.30. The van der Waals surface area contributed by atoms with Crippen LogP contribution in [-0.2, 0) is 12.0 Å². The van der Waals surface area contributed by atoms with Crippen molar-refractivity contribution < 1.29 is 0 Å². The number of likely N-dealkylation sites (N-methyl/N-ethyl adjacent to an activating group) is 1. The van der Waals surface area contributed by atoms with E-state index in [0.29, 0.717) is 0 Å². The number of piperazine rings is 1. The minimum Gasteiger partial charge on any atom is -0.300 e. The third-order valence-electron chi connectivity index (χ3n) is 7.20. The van der Waals surface area contributed by atoms with E-state index in [1.165, 1.54) is 22.3 Å². The maximum absolute atomic E-state index is 6.17. The zero-order valence-corrected chi connectivity index (χ0v) is 22.5. The van der Waals surface area contributed by atoms with Crippen molar-refractivity contribution in [1.82, 2.24) is 14.7 Å². The van der Waals surface area contributed by atoms with E-state index in [4.69, 9.17) is 11.6 Å². The lowest BCUT2D eigenvalue weighted by molar-refractivity contribution is 0.114. The summed E-state index contributed by atoms with van der Waals surface area (Å²) in [7, 11) is 2.24. The highest BCUT2D eigenvalue weighted by Crippen LogP contribution is 2.28. The van der Waals surface area contributed by atoms with E-state index in [-0.39, 0.29) is 11.5 Å². The van der Waals surface area contributed by atoms with E-state index < -0.39 is 0 Å². The summed E-state index contributed by atoms with van der Waals surface area (Å²) in [5.74, 6) is 0. The van der Waals surface area contributed by atoms with Gasteiger partial charge < -0.3 is 0 Å². The van der Waals surface area contributed by atoms with Crippen LogP contribution < -0.4 is 0 Å². The van der Waals surface area contributed by atoms with Crippen LogP contribution in [0.5, 0.6) is 0 Å². The summed E-state index contributed by atoms with van der Waals surface area (Å²) in [6.45, 7) is 14.5. The lowest BCUT2D eigenvalue weighted by Crippen LogP contribution is -2.48. The van der Waals surface area contributed by atoms with Gasteiger partial charge in [-0.2, -0.15) is 0 Å². The molecule has 1 unspecified atom stereocenters. The van der Waals surface area contributed by atoms with Gasteiger partial charge in [-0.25, -0.2) is 0 Å². The van der Waals surface area contributed by atoms with Crippen molar-refractivity contribution in [3.05, 3.63) is 106 Å². The summed E-state index contributed by atoms with van der Waals surface area (Å²) in [6.07, 6.45) is 0. The molecule has 1 aliphatic heterocycles. The molecule has 0 aliphatic carbocycles. The van der Waals surface area contributed by atoms with E-state index in [2.05, 4.69) is 109 Å². The highest BCUT2D eigenvalue weighted by Gasteiger charge is 2.22. The molecule has 3 nitrogen and oxygen atoms in total. The Kier molecular flexibility index (Phi) is 8.67. The molecule has 35 heavy (non-hydrogen) atoms. The summed E-state index contributed by atoms with van der Waals surface area (Å²) in [5.41, 5.74) is 5.64. The van der Waals surface area contributed by atoms with Gasteiger partial charge in [0.05, 0.1) is 6.04 Å². The quantitative estimate of drug-likeness (QED) is 0.358. The molecule has 1 saturated heterocycles. The van der Waals surface area contributed by atoms with Gasteiger partial charge in [-0.15, -0.1) is 0 Å². The average Bonchev–Trinajstić information content (AvgIpc) is 2.85. The summed E-state index contributed by atoms with van der Waals surface area (Å²) < 4.78 is 0. The van der Waals surface area contributed by atoms with Crippen LogP contribution in [0.2, 0.25) is 5.02 Å². The molecule has 0 amide bonds. The Bertz CT molecular complexity index is 1030. The smallest absolute Gasteiger partial charge is 0.0599 e. The number of hydrogen-bond acceptors (Lipinski definition) is 3. The highest BCUT2D eigenvalue weighted by atomic mass is 35.5. The molecule has 1 aliphatic rings. The van der Waals surface area contributed by atoms with Gasteiger partial charge >= 0.3 is 0 Å². The number of hydrogen-bond donors (Lipinski definition) is 0. The fourth-order valence-electron chi connectivity index (χ4n) is 4.95. The molecule has 4 heteroatoms. The number of benzene rings is 3. The third kappa shape index (κ3) is 7.17. The molecule has 0 N–H and O–H groups in total. The van der Waals surface area contributed by atoms with E-state index in [1.807, 2.05) is 12.1 Å². The van der Waals surface area contributed by atoms with Crippen molar-refractivity contribution in [2.75, 3.05) is 46.3 Å². The van der Waals surface area contributed by atoms with Crippen LogP contribution in [0, 0.1) is 0 Å². The molecule has 3 aromatic carbocycles. The Morgan fingerprint density at radius 3 is 1.94 bits per heavy atom. The predicted molar refractivity (Wildman–Crippen MR) is 149 cm³/mol.